The van der Waals surface area contributed by atoms with Crippen LogP contribution in [0.4, 0.5) is 0 Å². The average molecular weight is 210 g/mol. The number of carbonyl (C=O) groups is 1. The molecule has 0 aliphatic rings. The van der Waals surface area contributed by atoms with Gasteiger partial charge in [-0.3, -0.25) is 9.42 Å². The molecule has 0 fully saturated rings. The van der Waals surface area contributed by atoms with E-state index < -0.39 is 0 Å². The van der Waals surface area contributed by atoms with E-state index in [9.17, 15) is 10.0 Å². The zero-order chi connectivity index (χ0) is 10.1. The van der Waals surface area contributed by atoms with Gasteiger partial charge in [0.05, 0.1) is 10.0 Å². The molecule has 0 aliphatic carbocycles. The average Bonchev–Trinajstić information content (AvgIpc) is 2.77. The van der Waals surface area contributed by atoms with Gasteiger partial charge in [0.2, 0.25) is 5.69 Å². The van der Waals surface area contributed by atoms with Crippen molar-refractivity contribution in [2.75, 3.05) is 0 Å². The summed E-state index contributed by atoms with van der Waals surface area (Å²) in [5, 5.41) is 16.0. The number of thiophene rings is 1. The van der Waals surface area contributed by atoms with Crippen molar-refractivity contribution >= 4 is 17.1 Å². The van der Waals surface area contributed by atoms with Crippen LogP contribution in [-0.2, 0) is 0 Å². The van der Waals surface area contributed by atoms with Crippen LogP contribution in [-0.4, -0.2) is 10.9 Å². The lowest BCUT2D eigenvalue weighted by molar-refractivity contribution is -0.806. The summed E-state index contributed by atoms with van der Waals surface area (Å²) in [6.07, 6.45) is 0. The van der Waals surface area contributed by atoms with Gasteiger partial charge in [-0.05, 0) is 16.3 Å². The van der Waals surface area contributed by atoms with E-state index in [0.717, 1.165) is 0 Å². The predicted octanol–water partition coefficient (Wildman–Crippen LogP) is 0.909. The molecule has 0 N–H and O–H groups in total. The Morgan fingerprint density at radius 1 is 1.71 bits per heavy atom. The van der Waals surface area contributed by atoms with Crippen molar-refractivity contribution < 1.29 is 14.3 Å². The summed E-state index contributed by atoms with van der Waals surface area (Å²) >= 11 is 1.30. The fourth-order valence-electron chi connectivity index (χ4n) is 1.02. The highest BCUT2D eigenvalue weighted by molar-refractivity contribution is 7.12. The van der Waals surface area contributed by atoms with E-state index in [-0.39, 0.29) is 22.1 Å². The SMILES string of the molecule is Cc1c(C(=O)c2cccs2)no[n+]1[O-]. The summed E-state index contributed by atoms with van der Waals surface area (Å²) in [6.45, 7) is 1.49. The van der Waals surface area contributed by atoms with Gasteiger partial charge in [0, 0.05) is 6.92 Å². The summed E-state index contributed by atoms with van der Waals surface area (Å²) < 4.78 is 4.31. The van der Waals surface area contributed by atoms with E-state index >= 15 is 0 Å². The third kappa shape index (κ3) is 1.29. The largest absolute Gasteiger partial charge is 0.359 e. The molecule has 0 spiro atoms. The maximum Gasteiger partial charge on any atom is 0.292 e. The molecule has 72 valence electrons. The number of ketones is 1. The van der Waals surface area contributed by atoms with E-state index in [1.165, 1.54) is 18.3 Å². The molecule has 2 heterocycles. The first-order valence-corrected chi connectivity index (χ1v) is 4.72. The highest BCUT2D eigenvalue weighted by Gasteiger charge is 2.24. The molecule has 0 radical (unpaired) electrons. The van der Waals surface area contributed by atoms with Gasteiger partial charge in [-0.1, -0.05) is 6.07 Å². The number of aromatic nitrogens is 2. The number of hydrogen-bond donors (Lipinski definition) is 0. The minimum absolute atomic E-state index is 0.0717. The van der Waals surface area contributed by atoms with Gasteiger partial charge in [-0.15, -0.1) is 11.3 Å². The van der Waals surface area contributed by atoms with Crippen LogP contribution in [0, 0.1) is 12.1 Å². The highest BCUT2D eigenvalue weighted by atomic mass is 32.1. The topological polar surface area (TPSA) is 70.0 Å². The summed E-state index contributed by atoms with van der Waals surface area (Å²) in [5.41, 5.74) is 0.255. The second-order valence-electron chi connectivity index (χ2n) is 2.67. The Hall–Kier alpha value is -1.69. The van der Waals surface area contributed by atoms with Crippen LogP contribution in [0.15, 0.2) is 22.1 Å². The molecule has 2 aromatic heterocycles. The molecular weight excluding hydrogens is 204 g/mol. The Bertz CT molecular complexity index is 461. The Morgan fingerprint density at radius 2 is 2.50 bits per heavy atom. The lowest BCUT2D eigenvalue weighted by Gasteiger charge is -1.88. The first-order chi connectivity index (χ1) is 6.70. The van der Waals surface area contributed by atoms with Crippen LogP contribution < -0.4 is 4.90 Å². The van der Waals surface area contributed by atoms with Crippen LogP contribution in [0.3, 0.4) is 0 Å². The molecule has 0 saturated carbocycles. The van der Waals surface area contributed by atoms with Crippen LogP contribution in [0.2, 0.25) is 0 Å². The molecule has 0 bridgehead atoms. The summed E-state index contributed by atoms with van der Waals surface area (Å²) in [6, 6.07) is 3.44. The lowest BCUT2D eigenvalue weighted by atomic mass is 10.2. The first-order valence-electron chi connectivity index (χ1n) is 3.84. The van der Waals surface area contributed by atoms with Crippen molar-refractivity contribution in [3.63, 3.8) is 0 Å². The second-order valence-corrected chi connectivity index (χ2v) is 3.62. The van der Waals surface area contributed by atoms with Crippen molar-refractivity contribution in [3.8, 4) is 0 Å². The first kappa shape index (κ1) is 8.89. The second kappa shape index (κ2) is 3.22. The molecule has 6 heteroatoms. The van der Waals surface area contributed by atoms with Gasteiger partial charge in [0.1, 0.15) is 0 Å². The smallest absolute Gasteiger partial charge is 0.292 e. The molecule has 2 rings (SSSR count). The molecule has 0 unspecified atom stereocenters. The zero-order valence-corrected chi connectivity index (χ0v) is 8.08. The van der Waals surface area contributed by atoms with Gasteiger partial charge in [-0.25, -0.2) is 0 Å². The van der Waals surface area contributed by atoms with Crippen LogP contribution in [0.5, 0.6) is 0 Å². The number of hydrogen-bond acceptors (Lipinski definition) is 5. The van der Waals surface area contributed by atoms with Gasteiger partial charge >= 0.3 is 0 Å². The number of rotatable bonds is 2. The lowest BCUT2D eigenvalue weighted by Crippen LogP contribution is -2.26. The van der Waals surface area contributed by atoms with Crippen molar-refractivity contribution in [2.45, 2.75) is 6.92 Å². The van der Waals surface area contributed by atoms with Gasteiger partial charge in [-0.2, -0.15) is 0 Å². The fourth-order valence-corrected chi connectivity index (χ4v) is 1.69. The highest BCUT2D eigenvalue weighted by Crippen LogP contribution is 2.14. The molecule has 0 aromatic carbocycles. The normalized spacial score (nSPS) is 10.4. The molecule has 2 aromatic rings. The molecule has 0 amide bonds. The van der Waals surface area contributed by atoms with E-state index in [0.29, 0.717) is 4.88 Å². The predicted molar refractivity (Wildman–Crippen MR) is 48.0 cm³/mol. The third-order valence-corrected chi connectivity index (χ3v) is 2.65. The summed E-state index contributed by atoms with van der Waals surface area (Å²) in [5.74, 6) is -0.282. The quantitative estimate of drug-likeness (QED) is 0.545. The van der Waals surface area contributed by atoms with E-state index in [2.05, 4.69) is 9.79 Å². The Kier molecular flexibility index (Phi) is 2.05. The fraction of sp³-hybridized carbons (Fsp3) is 0.125. The minimum Gasteiger partial charge on any atom is -0.359 e. The maximum atomic E-state index is 11.7. The zero-order valence-electron chi connectivity index (χ0n) is 7.26. The monoisotopic (exact) mass is 210 g/mol. The summed E-state index contributed by atoms with van der Waals surface area (Å²) in [7, 11) is 0. The summed E-state index contributed by atoms with van der Waals surface area (Å²) in [4.78, 5) is 12.4. The van der Waals surface area contributed by atoms with Crippen LogP contribution >= 0.6 is 11.3 Å². The van der Waals surface area contributed by atoms with Crippen LogP contribution in [0.1, 0.15) is 21.1 Å². The Labute approximate surface area is 83.1 Å². The van der Waals surface area contributed by atoms with Crippen molar-refractivity contribution in [1.29, 1.82) is 0 Å². The standard InChI is InChI=1S/C8H6N2O3S/c1-5-7(9-13-10(5)12)8(11)6-3-2-4-14-6/h2-4H,1H3. The Morgan fingerprint density at radius 3 is 3.00 bits per heavy atom. The van der Waals surface area contributed by atoms with Gasteiger partial charge in [0.15, 0.2) is 0 Å². The Balaban J connectivity index is 2.42. The minimum atomic E-state index is -0.282. The van der Waals surface area contributed by atoms with Crippen molar-refractivity contribution in [2.24, 2.45) is 0 Å². The molecular formula is C8H6N2O3S. The number of nitrogens with zero attached hydrogens (tertiary/aromatic N) is 2. The number of carbonyl (C=O) groups excluding carboxylic acids is 1. The van der Waals surface area contributed by atoms with Crippen molar-refractivity contribution in [1.82, 2.24) is 5.16 Å². The van der Waals surface area contributed by atoms with Crippen LogP contribution in [0.25, 0.3) is 0 Å². The molecule has 0 atom stereocenters. The third-order valence-electron chi connectivity index (χ3n) is 1.78. The molecule has 5 nitrogen and oxygen atoms in total. The van der Waals surface area contributed by atoms with Crippen molar-refractivity contribution in [3.05, 3.63) is 39.0 Å². The maximum absolute atomic E-state index is 11.7. The molecule has 0 aliphatic heterocycles. The molecule has 0 saturated heterocycles. The van der Waals surface area contributed by atoms with E-state index in [1.807, 2.05) is 0 Å². The van der Waals surface area contributed by atoms with E-state index in [1.54, 1.807) is 17.5 Å². The van der Waals surface area contributed by atoms with Gasteiger partial charge in [0.25, 0.3) is 11.5 Å². The van der Waals surface area contributed by atoms with Gasteiger partial charge < -0.3 is 5.21 Å². The van der Waals surface area contributed by atoms with E-state index in [4.69, 9.17) is 0 Å². The molecule has 14 heavy (non-hydrogen) atoms.